The van der Waals surface area contributed by atoms with Crippen LogP contribution in [0.15, 0.2) is 54.6 Å². The smallest absolute Gasteiger partial charge is 0.272 e. The summed E-state index contributed by atoms with van der Waals surface area (Å²) in [6.45, 7) is 1.88. The maximum atomic E-state index is 14.1. The molecule has 0 saturated heterocycles. The molecule has 1 aromatic heterocycles. The number of pyridine rings is 1. The van der Waals surface area contributed by atoms with E-state index in [4.69, 9.17) is 0 Å². The van der Waals surface area contributed by atoms with Crippen molar-refractivity contribution in [3.05, 3.63) is 65.9 Å². The van der Waals surface area contributed by atoms with Crippen molar-refractivity contribution in [3.63, 3.8) is 0 Å². The zero-order chi connectivity index (χ0) is 17.8. The maximum Gasteiger partial charge on any atom is 0.272 e. The minimum atomic E-state index is -0.733. The van der Waals surface area contributed by atoms with E-state index < -0.39 is 6.67 Å². The minimum Gasteiger partial charge on any atom is -0.340 e. The molecule has 128 valence electrons. The second-order valence-electron chi connectivity index (χ2n) is 6.06. The van der Waals surface area contributed by atoms with Crippen LogP contribution >= 0.6 is 0 Å². The van der Waals surface area contributed by atoms with Gasteiger partial charge in [-0.1, -0.05) is 55.5 Å². The Balaban J connectivity index is 2.30. The monoisotopic (exact) mass is 336 g/mol. The summed E-state index contributed by atoms with van der Waals surface area (Å²) in [6, 6.07) is 17.2. The number of hydrogen-bond donors (Lipinski definition) is 0. The Hall–Kier alpha value is -2.75. The fourth-order valence-corrected chi connectivity index (χ4v) is 3.11. The Bertz CT molecular complexity index is 893. The van der Waals surface area contributed by atoms with Crippen molar-refractivity contribution in [2.24, 2.45) is 0 Å². The molecular formula is C21H21FN2O. The number of aromatic nitrogens is 1. The first-order chi connectivity index (χ1) is 12.2. The number of para-hydroxylation sites is 1. The highest BCUT2D eigenvalue weighted by molar-refractivity contribution is 6.03. The van der Waals surface area contributed by atoms with Gasteiger partial charge in [-0.3, -0.25) is 4.79 Å². The highest BCUT2D eigenvalue weighted by atomic mass is 19.1. The summed E-state index contributed by atoms with van der Waals surface area (Å²) in [5, 5.41) is 0.857. The number of hydrogen-bond acceptors (Lipinski definition) is 2. The van der Waals surface area contributed by atoms with E-state index in [2.05, 4.69) is 4.98 Å². The predicted octanol–water partition coefficient (Wildman–Crippen LogP) is 4.85. The van der Waals surface area contributed by atoms with Crippen LogP contribution in [0.25, 0.3) is 22.0 Å². The quantitative estimate of drug-likeness (QED) is 0.667. The van der Waals surface area contributed by atoms with E-state index in [0.717, 1.165) is 22.9 Å². The Morgan fingerprint density at radius 3 is 2.44 bits per heavy atom. The second kappa shape index (κ2) is 7.43. The molecule has 3 rings (SSSR count). The number of amides is 1. The number of carbonyl (C=O) groups excluding carboxylic acids is 1. The number of benzene rings is 2. The zero-order valence-corrected chi connectivity index (χ0v) is 14.5. The van der Waals surface area contributed by atoms with Crippen LogP contribution < -0.4 is 0 Å². The average Bonchev–Trinajstić information content (AvgIpc) is 2.66. The standard InChI is InChI=1S/C21H21FN2O/c1-3-13-24(2)21(25)20-17(14-22)19(15-9-5-4-6-10-15)16-11-7-8-12-18(16)23-20/h4-12H,3,13-14H2,1-2H3. The number of alkyl halides is 1. The predicted molar refractivity (Wildman–Crippen MR) is 99.2 cm³/mol. The highest BCUT2D eigenvalue weighted by Gasteiger charge is 2.23. The largest absolute Gasteiger partial charge is 0.340 e. The van der Waals surface area contributed by atoms with Crippen LogP contribution in [0.5, 0.6) is 0 Å². The van der Waals surface area contributed by atoms with Crippen LogP contribution in [0.4, 0.5) is 4.39 Å². The van der Waals surface area contributed by atoms with Crippen molar-refractivity contribution in [2.45, 2.75) is 20.0 Å². The summed E-state index contributed by atoms with van der Waals surface area (Å²) < 4.78 is 14.1. The molecule has 3 nitrogen and oxygen atoms in total. The maximum absolute atomic E-state index is 14.1. The van der Waals surface area contributed by atoms with Crippen molar-refractivity contribution in [2.75, 3.05) is 13.6 Å². The fourth-order valence-electron chi connectivity index (χ4n) is 3.11. The van der Waals surface area contributed by atoms with Crippen LogP contribution in [-0.2, 0) is 6.67 Å². The third-order valence-electron chi connectivity index (χ3n) is 4.30. The van der Waals surface area contributed by atoms with E-state index in [1.807, 2.05) is 61.5 Å². The van der Waals surface area contributed by atoms with Gasteiger partial charge in [-0.25, -0.2) is 9.37 Å². The second-order valence-corrected chi connectivity index (χ2v) is 6.06. The molecule has 0 unspecified atom stereocenters. The number of carbonyl (C=O) groups is 1. The van der Waals surface area contributed by atoms with Gasteiger partial charge in [0.1, 0.15) is 12.4 Å². The molecule has 0 bridgehead atoms. The molecule has 1 heterocycles. The minimum absolute atomic E-state index is 0.205. The van der Waals surface area contributed by atoms with E-state index >= 15 is 0 Å². The molecule has 0 aliphatic heterocycles. The lowest BCUT2D eigenvalue weighted by molar-refractivity contribution is 0.0787. The first-order valence-corrected chi connectivity index (χ1v) is 8.45. The summed E-state index contributed by atoms with van der Waals surface area (Å²) in [7, 11) is 1.73. The summed E-state index contributed by atoms with van der Waals surface area (Å²) in [6.07, 6.45) is 0.840. The summed E-state index contributed by atoms with van der Waals surface area (Å²) in [5.41, 5.74) is 2.91. The number of fused-ring (bicyclic) bond motifs is 1. The summed E-state index contributed by atoms with van der Waals surface area (Å²) in [4.78, 5) is 18.9. The van der Waals surface area contributed by atoms with Gasteiger partial charge < -0.3 is 4.90 Å². The summed E-state index contributed by atoms with van der Waals surface area (Å²) >= 11 is 0. The molecule has 0 spiro atoms. The molecule has 0 aliphatic rings. The molecule has 3 aromatic rings. The zero-order valence-electron chi connectivity index (χ0n) is 14.5. The van der Waals surface area contributed by atoms with Gasteiger partial charge in [-0.05, 0) is 23.6 Å². The Morgan fingerprint density at radius 2 is 1.76 bits per heavy atom. The van der Waals surface area contributed by atoms with Gasteiger partial charge >= 0.3 is 0 Å². The van der Waals surface area contributed by atoms with Gasteiger partial charge in [0.25, 0.3) is 5.91 Å². The van der Waals surface area contributed by atoms with Crippen LogP contribution in [0.3, 0.4) is 0 Å². The third kappa shape index (κ3) is 3.25. The van der Waals surface area contributed by atoms with E-state index in [-0.39, 0.29) is 11.6 Å². The van der Waals surface area contributed by atoms with Crippen LogP contribution in [0.2, 0.25) is 0 Å². The van der Waals surface area contributed by atoms with Crippen molar-refractivity contribution >= 4 is 16.8 Å². The molecule has 0 fully saturated rings. The molecule has 1 amide bonds. The van der Waals surface area contributed by atoms with Crippen molar-refractivity contribution < 1.29 is 9.18 Å². The molecule has 0 N–H and O–H groups in total. The first-order valence-electron chi connectivity index (χ1n) is 8.45. The molecular weight excluding hydrogens is 315 g/mol. The van der Waals surface area contributed by atoms with Gasteiger partial charge in [-0.2, -0.15) is 0 Å². The van der Waals surface area contributed by atoms with Gasteiger partial charge in [-0.15, -0.1) is 0 Å². The van der Waals surface area contributed by atoms with Gasteiger partial charge in [0.2, 0.25) is 0 Å². The number of nitrogens with zero attached hydrogens (tertiary/aromatic N) is 2. The fraction of sp³-hybridized carbons (Fsp3) is 0.238. The van der Waals surface area contributed by atoms with Crippen molar-refractivity contribution in [1.82, 2.24) is 9.88 Å². The van der Waals surface area contributed by atoms with Crippen molar-refractivity contribution in [3.8, 4) is 11.1 Å². The average molecular weight is 336 g/mol. The Kier molecular flexibility index (Phi) is 5.08. The van der Waals surface area contributed by atoms with Crippen LogP contribution in [0, 0.1) is 0 Å². The van der Waals surface area contributed by atoms with E-state index in [1.54, 1.807) is 11.9 Å². The topological polar surface area (TPSA) is 33.2 Å². The van der Waals surface area contributed by atoms with Crippen molar-refractivity contribution in [1.29, 1.82) is 0 Å². The molecule has 0 aliphatic carbocycles. The summed E-state index contributed by atoms with van der Waals surface area (Å²) in [5.74, 6) is -0.238. The Labute approximate surface area is 147 Å². The molecule has 25 heavy (non-hydrogen) atoms. The lowest BCUT2D eigenvalue weighted by Gasteiger charge is -2.20. The number of rotatable bonds is 5. The van der Waals surface area contributed by atoms with E-state index in [0.29, 0.717) is 17.6 Å². The normalized spacial score (nSPS) is 10.8. The van der Waals surface area contributed by atoms with Gasteiger partial charge in [0.15, 0.2) is 0 Å². The molecule has 4 heteroatoms. The van der Waals surface area contributed by atoms with Gasteiger partial charge in [0, 0.05) is 24.5 Å². The molecule has 0 atom stereocenters. The van der Waals surface area contributed by atoms with Crippen LogP contribution in [-0.4, -0.2) is 29.4 Å². The third-order valence-corrected chi connectivity index (χ3v) is 4.30. The van der Waals surface area contributed by atoms with E-state index in [1.165, 1.54) is 0 Å². The molecule has 0 radical (unpaired) electrons. The van der Waals surface area contributed by atoms with Crippen LogP contribution in [0.1, 0.15) is 29.4 Å². The lowest BCUT2D eigenvalue weighted by Crippen LogP contribution is -2.29. The lowest BCUT2D eigenvalue weighted by atomic mass is 9.94. The molecule has 2 aromatic carbocycles. The SMILES string of the molecule is CCCN(C)C(=O)c1nc2ccccc2c(-c2ccccc2)c1CF. The molecule has 0 saturated carbocycles. The first kappa shape index (κ1) is 17.1. The Morgan fingerprint density at radius 1 is 1.08 bits per heavy atom. The number of halogens is 1. The van der Waals surface area contributed by atoms with E-state index in [9.17, 15) is 9.18 Å². The highest BCUT2D eigenvalue weighted by Crippen LogP contribution is 2.34. The van der Waals surface area contributed by atoms with Gasteiger partial charge in [0.05, 0.1) is 5.52 Å².